The molecule has 1 N–H and O–H groups in total. The van der Waals surface area contributed by atoms with Gasteiger partial charge in [-0.3, -0.25) is 0 Å². The number of nitrogens with one attached hydrogen (secondary N) is 1. The molecule has 1 aliphatic carbocycles. The van der Waals surface area contributed by atoms with Crippen LogP contribution in [0.25, 0.3) is 5.65 Å². The maximum atomic E-state index is 4.74. The van der Waals surface area contributed by atoms with E-state index in [0.29, 0.717) is 12.1 Å². The number of nitrogens with zero attached hydrogens (tertiary/aromatic N) is 4. The molecule has 1 saturated heterocycles. The average molecular weight is 350 g/mol. The van der Waals surface area contributed by atoms with Gasteiger partial charge in [-0.2, -0.15) is 4.98 Å². The summed E-state index contributed by atoms with van der Waals surface area (Å²) in [5, 5.41) is 8.31. The van der Waals surface area contributed by atoms with Gasteiger partial charge >= 0.3 is 0 Å². The summed E-state index contributed by atoms with van der Waals surface area (Å²) in [6.07, 6.45) is 8.40. The summed E-state index contributed by atoms with van der Waals surface area (Å²) in [4.78, 5) is 7.15. The monoisotopic (exact) mass is 349 g/mol. The molecular weight excluding hydrogens is 330 g/mol. The Morgan fingerprint density at radius 2 is 2.24 bits per heavy atom. The summed E-state index contributed by atoms with van der Waals surface area (Å²) in [6, 6.07) is 5.21. The lowest BCUT2D eigenvalue weighted by Gasteiger charge is -2.30. The van der Waals surface area contributed by atoms with Crippen LogP contribution in [0.15, 0.2) is 22.8 Å². The number of hydrogen-bond donors (Lipinski definition) is 1. The molecule has 5 nitrogen and oxygen atoms in total. The summed E-state index contributed by atoms with van der Waals surface area (Å²) in [7, 11) is 0. The number of anilines is 1. The van der Waals surface area contributed by atoms with Gasteiger partial charge in [-0.1, -0.05) is 6.42 Å². The van der Waals surface area contributed by atoms with E-state index >= 15 is 0 Å². The number of hydrogen-bond acceptors (Lipinski definition) is 4. The van der Waals surface area contributed by atoms with Gasteiger partial charge in [0.05, 0.1) is 4.47 Å². The minimum absolute atomic E-state index is 0.578. The number of rotatable bonds is 4. The third-order valence-corrected chi connectivity index (χ3v) is 5.00. The molecule has 2 aromatic rings. The van der Waals surface area contributed by atoms with E-state index in [0.717, 1.165) is 29.2 Å². The molecule has 2 aromatic heterocycles. The Morgan fingerprint density at radius 3 is 2.95 bits per heavy atom. The van der Waals surface area contributed by atoms with Crippen molar-refractivity contribution in [1.82, 2.24) is 19.9 Å². The molecule has 1 atom stereocenters. The normalized spacial score (nSPS) is 22.6. The zero-order valence-electron chi connectivity index (χ0n) is 12.0. The highest BCUT2D eigenvalue weighted by Crippen LogP contribution is 2.31. The number of piperidine rings is 1. The Labute approximate surface area is 132 Å². The van der Waals surface area contributed by atoms with Crippen LogP contribution in [-0.4, -0.2) is 39.8 Å². The molecule has 0 radical (unpaired) electrons. The van der Waals surface area contributed by atoms with Gasteiger partial charge in [0.25, 0.3) is 0 Å². The van der Waals surface area contributed by atoms with Crippen molar-refractivity contribution in [2.24, 2.45) is 0 Å². The number of pyridine rings is 1. The van der Waals surface area contributed by atoms with Crippen LogP contribution < -0.4 is 10.2 Å². The second-order valence-electron chi connectivity index (χ2n) is 6.07. The molecule has 2 fully saturated rings. The van der Waals surface area contributed by atoms with E-state index in [9.17, 15) is 0 Å². The fourth-order valence-electron chi connectivity index (χ4n) is 3.08. The average Bonchev–Trinajstić information content (AvgIpc) is 3.25. The fourth-order valence-corrected chi connectivity index (χ4v) is 3.50. The van der Waals surface area contributed by atoms with Crippen molar-refractivity contribution in [1.29, 1.82) is 0 Å². The minimum Gasteiger partial charge on any atom is -0.335 e. The van der Waals surface area contributed by atoms with Crippen molar-refractivity contribution in [2.75, 3.05) is 18.0 Å². The molecular formula is C15H20BrN5. The first-order valence-corrected chi connectivity index (χ1v) is 8.61. The van der Waals surface area contributed by atoms with E-state index in [1.807, 2.05) is 22.8 Å². The number of halogens is 1. The first-order valence-electron chi connectivity index (χ1n) is 7.82. The van der Waals surface area contributed by atoms with Crippen molar-refractivity contribution in [3.05, 3.63) is 22.8 Å². The van der Waals surface area contributed by atoms with E-state index in [4.69, 9.17) is 4.98 Å². The van der Waals surface area contributed by atoms with Gasteiger partial charge in [0, 0.05) is 24.8 Å². The van der Waals surface area contributed by atoms with Crippen LogP contribution in [0.3, 0.4) is 0 Å². The molecule has 1 unspecified atom stereocenters. The van der Waals surface area contributed by atoms with Crippen LogP contribution in [0.4, 0.5) is 5.95 Å². The smallest absolute Gasteiger partial charge is 0.246 e. The maximum absolute atomic E-state index is 4.74. The molecule has 0 spiro atoms. The van der Waals surface area contributed by atoms with E-state index in [1.54, 1.807) is 0 Å². The lowest BCUT2D eigenvalue weighted by molar-refractivity contribution is 0.397. The van der Waals surface area contributed by atoms with Crippen molar-refractivity contribution in [3.63, 3.8) is 0 Å². The zero-order chi connectivity index (χ0) is 14.2. The van der Waals surface area contributed by atoms with Crippen LogP contribution >= 0.6 is 15.9 Å². The Bertz CT molecular complexity index is 630. The van der Waals surface area contributed by atoms with Crippen molar-refractivity contribution in [2.45, 2.75) is 44.2 Å². The van der Waals surface area contributed by atoms with Gasteiger partial charge in [0.1, 0.15) is 0 Å². The van der Waals surface area contributed by atoms with Gasteiger partial charge in [0.15, 0.2) is 5.65 Å². The minimum atomic E-state index is 0.578. The van der Waals surface area contributed by atoms with Crippen molar-refractivity contribution < 1.29 is 0 Å². The SMILES string of the molecule is Brc1cccn2nc(N(CC3CCCCN3)C3CC3)nc12. The highest BCUT2D eigenvalue weighted by molar-refractivity contribution is 9.10. The van der Waals surface area contributed by atoms with Crippen LogP contribution in [0.2, 0.25) is 0 Å². The molecule has 21 heavy (non-hydrogen) atoms. The van der Waals surface area contributed by atoms with Gasteiger partial charge < -0.3 is 10.2 Å². The summed E-state index contributed by atoms with van der Waals surface area (Å²) < 4.78 is 2.86. The van der Waals surface area contributed by atoms with E-state index in [1.165, 1.54) is 32.1 Å². The van der Waals surface area contributed by atoms with E-state index in [-0.39, 0.29) is 0 Å². The Hall–Kier alpha value is -1.14. The third kappa shape index (κ3) is 2.79. The summed E-state index contributed by atoms with van der Waals surface area (Å²) in [5.41, 5.74) is 0.898. The lowest BCUT2D eigenvalue weighted by Crippen LogP contribution is -2.45. The first-order chi connectivity index (χ1) is 10.3. The molecule has 6 heteroatoms. The highest BCUT2D eigenvalue weighted by Gasteiger charge is 2.33. The van der Waals surface area contributed by atoms with Crippen molar-refractivity contribution >= 4 is 27.5 Å². The van der Waals surface area contributed by atoms with Gasteiger partial charge in [-0.15, -0.1) is 5.10 Å². The van der Waals surface area contributed by atoms with Crippen LogP contribution in [0.1, 0.15) is 32.1 Å². The predicted octanol–water partition coefficient (Wildman–Crippen LogP) is 2.60. The van der Waals surface area contributed by atoms with Gasteiger partial charge in [-0.25, -0.2) is 4.52 Å². The van der Waals surface area contributed by atoms with E-state index in [2.05, 4.69) is 31.2 Å². The quantitative estimate of drug-likeness (QED) is 0.921. The van der Waals surface area contributed by atoms with Crippen LogP contribution in [0, 0.1) is 0 Å². The zero-order valence-corrected chi connectivity index (χ0v) is 13.6. The fraction of sp³-hybridized carbons (Fsp3) is 0.600. The van der Waals surface area contributed by atoms with Crippen LogP contribution in [0.5, 0.6) is 0 Å². The predicted molar refractivity (Wildman–Crippen MR) is 86.7 cm³/mol. The topological polar surface area (TPSA) is 45.5 Å². The molecule has 112 valence electrons. The van der Waals surface area contributed by atoms with Gasteiger partial charge in [0.2, 0.25) is 5.95 Å². The number of fused-ring (bicyclic) bond motifs is 1. The third-order valence-electron chi connectivity index (χ3n) is 4.38. The molecule has 2 aliphatic rings. The van der Waals surface area contributed by atoms with Crippen molar-refractivity contribution in [3.8, 4) is 0 Å². The Balaban J connectivity index is 1.61. The largest absolute Gasteiger partial charge is 0.335 e. The number of aromatic nitrogens is 3. The Morgan fingerprint density at radius 1 is 1.33 bits per heavy atom. The lowest BCUT2D eigenvalue weighted by atomic mass is 10.0. The highest BCUT2D eigenvalue weighted by atomic mass is 79.9. The van der Waals surface area contributed by atoms with Crippen LogP contribution in [-0.2, 0) is 0 Å². The summed E-state index contributed by atoms with van der Waals surface area (Å²) >= 11 is 3.56. The molecule has 3 heterocycles. The molecule has 4 rings (SSSR count). The molecule has 1 aliphatic heterocycles. The molecule has 1 saturated carbocycles. The van der Waals surface area contributed by atoms with Gasteiger partial charge in [-0.05, 0) is 60.3 Å². The summed E-state index contributed by atoms with van der Waals surface area (Å²) in [5.74, 6) is 0.872. The Kier molecular flexibility index (Phi) is 3.59. The summed E-state index contributed by atoms with van der Waals surface area (Å²) in [6.45, 7) is 2.17. The standard InChI is InChI=1S/C15H20BrN5/c16-13-5-3-9-21-14(13)18-15(19-21)20(12-6-7-12)10-11-4-1-2-8-17-11/h3,5,9,11-12,17H,1-2,4,6-8,10H2. The molecule has 0 bridgehead atoms. The maximum Gasteiger partial charge on any atom is 0.246 e. The molecule has 0 amide bonds. The second-order valence-corrected chi connectivity index (χ2v) is 6.92. The molecule has 0 aromatic carbocycles. The first kappa shape index (κ1) is 13.5. The van der Waals surface area contributed by atoms with E-state index < -0.39 is 0 Å². The second kappa shape index (κ2) is 5.57.